The molecule has 35 heavy (non-hydrogen) atoms. The molecule has 1 atom stereocenters. The number of ether oxygens (including phenoxy) is 2. The molecule has 11 heteroatoms. The highest BCUT2D eigenvalue weighted by atomic mass is 32.2. The molecule has 184 valence electrons. The third kappa shape index (κ3) is 4.49. The summed E-state index contributed by atoms with van der Waals surface area (Å²) < 4.78 is 37.6. The molecule has 3 aliphatic heterocycles. The number of hydrogen-bond acceptors (Lipinski definition) is 7. The zero-order valence-electron chi connectivity index (χ0n) is 19.2. The summed E-state index contributed by atoms with van der Waals surface area (Å²) in [4.78, 5) is 29.1. The molecule has 2 saturated heterocycles. The Hall–Kier alpha value is -3.41. The van der Waals surface area contributed by atoms with E-state index in [-0.39, 0.29) is 32.5 Å². The van der Waals surface area contributed by atoms with Crippen LogP contribution in [0.25, 0.3) is 6.08 Å². The van der Waals surface area contributed by atoms with Gasteiger partial charge in [-0.25, -0.2) is 18.1 Å². The Balaban J connectivity index is 1.21. The van der Waals surface area contributed by atoms with Crippen molar-refractivity contribution in [3.63, 3.8) is 0 Å². The second-order valence-electron chi connectivity index (χ2n) is 8.77. The Morgan fingerprint density at radius 2 is 1.71 bits per heavy atom. The van der Waals surface area contributed by atoms with E-state index >= 15 is 0 Å². The minimum absolute atomic E-state index is 0.0819. The molecule has 0 aromatic heterocycles. The zero-order chi connectivity index (χ0) is 24.6. The van der Waals surface area contributed by atoms with Gasteiger partial charge in [0.25, 0.3) is 5.91 Å². The summed E-state index contributed by atoms with van der Waals surface area (Å²) in [6.07, 6.45) is 1.58. The first kappa shape index (κ1) is 23.3. The van der Waals surface area contributed by atoms with Crippen LogP contribution < -0.4 is 14.8 Å². The number of carbonyl (C=O) groups is 2. The van der Waals surface area contributed by atoms with Crippen molar-refractivity contribution in [3.8, 4) is 11.5 Å². The first-order chi connectivity index (χ1) is 16.8. The number of carbonyl (C=O) groups excluding carboxylic acids is 2. The molecule has 3 amide bonds. The van der Waals surface area contributed by atoms with Crippen molar-refractivity contribution in [3.05, 3.63) is 65.1 Å². The maximum atomic E-state index is 13.3. The van der Waals surface area contributed by atoms with Gasteiger partial charge in [-0.15, -0.1) is 0 Å². The third-order valence-corrected chi connectivity index (χ3v) is 8.05. The molecule has 1 N–H and O–H groups in total. The normalized spacial score (nSPS) is 23.3. The summed E-state index contributed by atoms with van der Waals surface area (Å²) in [6, 6.07) is 13.9. The molecular weight excluding hydrogens is 472 g/mol. The number of urea groups is 1. The standard InChI is InChI=1S/C24H26N4O6S/c1-24(19-7-8-20-21(15-19)34-17-33-20)22(29)28(23(30)25-24)16-26-10-12-27(13-11-26)35(31,32)14-9-18-5-3-2-4-6-18/h2-9,14-15H,10-13,16-17H2,1H3,(H,25,30)/b14-9+/t24-/m0/s1. The lowest BCUT2D eigenvalue weighted by Gasteiger charge is -2.34. The summed E-state index contributed by atoms with van der Waals surface area (Å²) in [5, 5.41) is 4.01. The summed E-state index contributed by atoms with van der Waals surface area (Å²) >= 11 is 0. The molecule has 2 aromatic carbocycles. The molecule has 0 unspecified atom stereocenters. The van der Waals surface area contributed by atoms with Crippen molar-refractivity contribution in [1.82, 2.24) is 19.4 Å². The lowest BCUT2D eigenvalue weighted by atomic mass is 9.92. The maximum absolute atomic E-state index is 13.3. The average molecular weight is 499 g/mol. The Kier molecular flexibility index (Phi) is 5.99. The van der Waals surface area contributed by atoms with Crippen molar-refractivity contribution >= 4 is 28.0 Å². The van der Waals surface area contributed by atoms with Crippen LogP contribution in [0.2, 0.25) is 0 Å². The topological polar surface area (TPSA) is 108 Å². The van der Waals surface area contributed by atoms with E-state index in [1.807, 2.05) is 35.2 Å². The fourth-order valence-electron chi connectivity index (χ4n) is 4.37. The van der Waals surface area contributed by atoms with Gasteiger partial charge >= 0.3 is 6.03 Å². The van der Waals surface area contributed by atoms with Gasteiger partial charge in [-0.1, -0.05) is 36.4 Å². The molecule has 0 spiro atoms. The molecular formula is C24H26N4O6S. The molecule has 0 bridgehead atoms. The number of fused-ring (bicyclic) bond motifs is 1. The predicted octanol–water partition coefficient (Wildman–Crippen LogP) is 1.76. The highest BCUT2D eigenvalue weighted by Gasteiger charge is 2.50. The van der Waals surface area contributed by atoms with Gasteiger partial charge in [0.15, 0.2) is 11.5 Å². The van der Waals surface area contributed by atoms with Crippen LogP contribution in [0.3, 0.4) is 0 Å². The van der Waals surface area contributed by atoms with Crippen LogP contribution in [0, 0.1) is 0 Å². The van der Waals surface area contributed by atoms with Crippen molar-refractivity contribution in [2.45, 2.75) is 12.5 Å². The van der Waals surface area contributed by atoms with Gasteiger partial charge in [0.2, 0.25) is 16.8 Å². The number of benzene rings is 2. The summed E-state index contributed by atoms with van der Waals surface area (Å²) in [5.41, 5.74) is 0.174. The Morgan fingerprint density at radius 3 is 2.46 bits per heavy atom. The second-order valence-corrected chi connectivity index (χ2v) is 10.6. The molecule has 0 aliphatic carbocycles. The van der Waals surface area contributed by atoms with Gasteiger partial charge in [-0.3, -0.25) is 9.69 Å². The number of piperazine rings is 1. The van der Waals surface area contributed by atoms with Gasteiger partial charge in [0.05, 0.1) is 6.67 Å². The van der Waals surface area contributed by atoms with Gasteiger partial charge < -0.3 is 14.8 Å². The van der Waals surface area contributed by atoms with Crippen molar-refractivity contribution in [2.24, 2.45) is 0 Å². The van der Waals surface area contributed by atoms with Crippen LogP contribution in [0.15, 0.2) is 53.9 Å². The fourth-order valence-corrected chi connectivity index (χ4v) is 5.54. The van der Waals surface area contributed by atoms with E-state index in [0.29, 0.717) is 30.2 Å². The lowest BCUT2D eigenvalue weighted by molar-refractivity contribution is -0.132. The molecule has 3 heterocycles. The van der Waals surface area contributed by atoms with E-state index in [1.165, 1.54) is 14.6 Å². The average Bonchev–Trinajstić information content (AvgIpc) is 3.42. The molecule has 3 aliphatic rings. The Labute approximate surface area is 203 Å². The highest BCUT2D eigenvalue weighted by molar-refractivity contribution is 7.92. The quantitative estimate of drug-likeness (QED) is 0.605. The van der Waals surface area contributed by atoms with Crippen molar-refractivity contribution in [2.75, 3.05) is 39.6 Å². The highest BCUT2D eigenvalue weighted by Crippen LogP contribution is 2.37. The minimum atomic E-state index is -3.57. The molecule has 0 radical (unpaired) electrons. The smallest absolute Gasteiger partial charge is 0.326 e. The first-order valence-electron chi connectivity index (χ1n) is 11.3. The number of rotatable bonds is 6. The predicted molar refractivity (Wildman–Crippen MR) is 128 cm³/mol. The monoisotopic (exact) mass is 498 g/mol. The third-order valence-electron chi connectivity index (χ3n) is 6.49. The summed E-state index contributed by atoms with van der Waals surface area (Å²) in [6.45, 7) is 3.19. The number of amides is 3. The largest absolute Gasteiger partial charge is 0.454 e. The molecule has 10 nitrogen and oxygen atoms in total. The van der Waals surface area contributed by atoms with Crippen LogP contribution in [-0.2, 0) is 20.4 Å². The molecule has 2 fully saturated rings. The Morgan fingerprint density at radius 1 is 1.00 bits per heavy atom. The first-order valence-corrected chi connectivity index (χ1v) is 12.8. The van der Waals surface area contributed by atoms with E-state index in [1.54, 1.807) is 31.2 Å². The SMILES string of the molecule is C[C@@]1(c2ccc3c(c2)OCO3)NC(=O)N(CN2CCN(S(=O)(=O)/C=C/c3ccccc3)CC2)C1=O. The van der Waals surface area contributed by atoms with Gasteiger partial charge in [-0.05, 0) is 36.3 Å². The van der Waals surface area contributed by atoms with Crippen LogP contribution in [0.1, 0.15) is 18.1 Å². The van der Waals surface area contributed by atoms with E-state index in [2.05, 4.69) is 5.32 Å². The fraction of sp³-hybridized carbons (Fsp3) is 0.333. The van der Waals surface area contributed by atoms with E-state index in [9.17, 15) is 18.0 Å². The Bertz CT molecular complexity index is 1270. The number of hydrogen-bond donors (Lipinski definition) is 1. The van der Waals surface area contributed by atoms with Gasteiger partial charge in [0.1, 0.15) is 5.54 Å². The zero-order valence-corrected chi connectivity index (χ0v) is 20.0. The van der Waals surface area contributed by atoms with E-state index < -0.39 is 21.6 Å². The molecule has 2 aromatic rings. The van der Waals surface area contributed by atoms with Crippen molar-refractivity contribution < 1.29 is 27.5 Å². The molecule has 5 rings (SSSR count). The van der Waals surface area contributed by atoms with Crippen LogP contribution in [-0.4, -0.2) is 74.1 Å². The van der Waals surface area contributed by atoms with E-state index in [4.69, 9.17) is 9.47 Å². The van der Waals surface area contributed by atoms with Crippen LogP contribution in [0.5, 0.6) is 11.5 Å². The van der Waals surface area contributed by atoms with Crippen LogP contribution in [0.4, 0.5) is 4.79 Å². The van der Waals surface area contributed by atoms with Crippen molar-refractivity contribution in [1.29, 1.82) is 0 Å². The summed E-state index contributed by atoms with van der Waals surface area (Å²) in [5.74, 6) is 0.752. The number of sulfonamides is 1. The second kappa shape index (κ2) is 8.99. The van der Waals surface area contributed by atoms with E-state index in [0.717, 1.165) is 5.56 Å². The maximum Gasteiger partial charge on any atom is 0.326 e. The van der Waals surface area contributed by atoms with Gasteiger partial charge in [0, 0.05) is 31.6 Å². The number of nitrogens with one attached hydrogen (secondary N) is 1. The minimum Gasteiger partial charge on any atom is -0.454 e. The number of nitrogens with zero attached hydrogens (tertiary/aromatic N) is 3. The molecule has 0 saturated carbocycles. The summed E-state index contributed by atoms with van der Waals surface area (Å²) in [7, 11) is -3.57. The number of imide groups is 1. The van der Waals surface area contributed by atoms with Gasteiger partial charge in [-0.2, -0.15) is 4.31 Å². The van der Waals surface area contributed by atoms with Crippen LogP contribution >= 0.6 is 0 Å². The lowest BCUT2D eigenvalue weighted by Crippen LogP contribution is -2.52.